The van der Waals surface area contributed by atoms with E-state index in [0.29, 0.717) is 0 Å². The van der Waals surface area contributed by atoms with Crippen LogP contribution in [0.2, 0.25) is 0 Å². The number of hydrogen-bond donors (Lipinski definition) is 0. The van der Waals surface area contributed by atoms with Gasteiger partial charge < -0.3 is 24.8 Å². The molecule has 0 aliphatic rings. The summed E-state index contributed by atoms with van der Waals surface area (Å²) in [5.41, 5.74) is 20.9. The third-order valence-electron chi connectivity index (χ3n) is 9.38. The van der Waals surface area contributed by atoms with E-state index in [-0.39, 0.29) is 46.5 Å². The first-order valence-electron chi connectivity index (χ1n) is 12.2. The fraction of sp³-hybridized carbons (Fsp3) is 0.438. The first kappa shape index (κ1) is 32.0. The van der Waals surface area contributed by atoms with Crippen LogP contribution in [0, 0.1) is 83.1 Å². The van der Waals surface area contributed by atoms with E-state index in [1.165, 1.54) is 88.3 Å². The van der Waals surface area contributed by atoms with Gasteiger partial charge in [0.15, 0.2) is 0 Å². The van der Waals surface area contributed by atoms with Gasteiger partial charge in [0.05, 0.1) is 0 Å². The molecule has 0 saturated carbocycles. The molecule has 0 N–H and O–H groups in total. The van der Waals surface area contributed by atoms with Crippen molar-refractivity contribution in [1.29, 1.82) is 0 Å². The van der Waals surface area contributed by atoms with Gasteiger partial charge in [-0.1, -0.05) is 87.8 Å². The van der Waals surface area contributed by atoms with Crippen molar-refractivity contribution in [2.24, 2.45) is 0 Å². The van der Waals surface area contributed by atoms with Gasteiger partial charge in [-0.05, 0) is 41.5 Å². The first-order chi connectivity index (χ1) is 14.9. The third-order valence-corrected chi connectivity index (χ3v) is 9.38. The molecule has 0 bridgehead atoms. The van der Waals surface area contributed by atoms with E-state index in [1.807, 2.05) is 0 Å². The topological polar surface area (TPSA) is 0 Å². The Hall–Kier alpha value is -1.05. The Morgan fingerprint density at radius 3 is 0.914 bits per heavy atom. The summed E-state index contributed by atoms with van der Waals surface area (Å²) in [7, 11) is 0. The van der Waals surface area contributed by atoms with E-state index in [4.69, 9.17) is 0 Å². The standard InChI is InChI=1S/C32H40.2ClH.Ti/c1-15-17(3)23(9)31-27(19(5)25(11)29(31)21(15)7)13-14-28-20(6)26(12)30-22(8)16(2)18(4)24(10)32(28)30;;;/h13-14H2,1-12H3;2*1H;/q-2;;;+4/p-2. The second-order valence-electron chi connectivity index (χ2n) is 10.5. The van der Waals surface area contributed by atoms with Crippen molar-refractivity contribution >= 4 is 21.5 Å². The van der Waals surface area contributed by atoms with Crippen molar-refractivity contribution in [3.8, 4) is 0 Å². The molecule has 0 heterocycles. The van der Waals surface area contributed by atoms with E-state index < -0.39 is 0 Å². The molecule has 0 aliphatic heterocycles. The Morgan fingerprint density at radius 2 is 0.629 bits per heavy atom. The smallest absolute Gasteiger partial charge is 1.00 e. The predicted molar refractivity (Wildman–Crippen MR) is 143 cm³/mol. The normalized spacial score (nSPS) is 11.0. The molecule has 0 radical (unpaired) electrons. The quantitative estimate of drug-likeness (QED) is 0.276. The van der Waals surface area contributed by atoms with Crippen LogP contribution in [0.4, 0.5) is 0 Å². The van der Waals surface area contributed by atoms with E-state index >= 15 is 0 Å². The van der Waals surface area contributed by atoms with Crippen molar-refractivity contribution < 1.29 is 46.5 Å². The molecule has 0 saturated heterocycles. The molecule has 0 spiro atoms. The van der Waals surface area contributed by atoms with E-state index in [2.05, 4.69) is 83.1 Å². The van der Waals surface area contributed by atoms with Crippen LogP contribution in [0.5, 0.6) is 0 Å². The van der Waals surface area contributed by atoms with Gasteiger partial charge in [0.25, 0.3) is 0 Å². The number of hydrogen-bond acceptors (Lipinski definition) is 0. The van der Waals surface area contributed by atoms with Crippen LogP contribution in [-0.2, 0) is 34.6 Å². The molecule has 35 heavy (non-hydrogen) atoms. The predicted octanol–water partition coefficient (Wildman–Crippen LogP) is 2.92. The number of benzene rings is 2. The summed E-state index contributed by atoms with van der Waals surface area (Å²) >= 11 is 0. The zero-order valence-corrected chi connectivity index (χ0v) is 26.7. The van der Waals surface area contributed by atoms with E-state index in [9.17, 15) is 0 Å². The number of halogens is 2. The van der Waals surface area contributed by atoms with Crippen LogP contribution >= 0.6 is 0 Å². The maximum absolute atomic E-state index is 2.35. The molecule has 0 unspecified atom stereocenters. The van der Waals surface area contributed by atoms with Gasteiger partial charge >= 0.3 is 21.7 Å². The van der Waals surface area contributed by atoms with Gasteiger partial charge in [0.1, 0.15) is 0 Å². The zero-order chi connectivity index (χ0) is 23.8. The molecule has 4 rings (SSSR count). The second-order valence-corrected chi connectivity index (χ2v) is 10.5. The van der Waals surface area contributed by atoms with Crippen LogP contribution < -0.4 is 24.8 Å². The number of aryl methyl sites for hydroxylation is 8. The van der Waals surface area contributed by atoms with Crippen LogP contribution in [0.25, 0.3) is 21.5 Å². The Bertz CT molecular complexity index is 1320. The maximum atomic E-state index is 2.35. The third kappa shape index (κ3) is 4.48. The van der Waals surface area contributed by atoms with Gasteiger partial charge in [-0.25, -0.2) is 0 Å². The molecule has 4 aromatic carbocycles. The fourth-order valence-electron chi connectivity index (χ4n) is 6.39. The van der Waals surface area contributed by atoms with E-state index in [1.54, 1.807) is 11.1 Å². The molecule has 0 aromatic heterocycles. The molecule has 186 valence electrons. The molecule has 0 atom stereocenters. The number of rotatable bonds is 3. The van der Waals surface area contributed by atoms with Crippen molar-refractivity contribution in [3.05, 3.63) is 77.9 Å². The Kier molecular flexibility index (Phi) is 10.2. The zero-order valence-electron chi connectivity index (χ0n) is 23.7. The van der Waals surface area contributed by atoms with Gasteiger partial charge in [-0.2, -0.15) is 11.1 Å². The summed E-state index contributed by atoms with van der Waals surface area (Å²) in [6.45, 7) is 27.8. The average Bonchev–Trinajstić information content (AvgIpc) is 3.16. The minimum Gasteiger partial charge on any atom is -1.00 e. The Morgan fingerprint density at radius 1 is 0.371 bits per heavy atom. The molecule has 3 heteroatoms. The molecule has 0 nitrogen and oxygen atoms in total. The van der Waals surface area contributed by atoms with Crippen LogP contribution in [0.1, 0.15) is 77.9 Å². The van der Waals surface area contributed by atoms with Crippen molar-refractivity contribution in [1.82, 2.24) is 0 Å². The minimum atomic E-state index is 0. The Labute approximate surface area is 240 Å². The van der Waals surface area contributed by atoms with Gasteiger partial charge in [-0.15, -0.1) is 54.9 Å². The Balaban J connectivity index is 0.00000204. The summed E-state index contributed by atoms with van der Waals surface area (Å²) in [6, 6.07) is 0. The summed E-state index contributed by atoms with van der Waals surface area (Å²) < 4.78 is 0. The van der Waals surface area contributed by atoms with E-state index in [0.717, 1.165) is 12.8 Å². The second kappa shape index (κ2) is 11.1. The largest absolute Gasteiger partial charge is 4.00 e. The first-order valence-corrected chi connectivity index (χ1v) is 12.2. The average molecular weight is 543 g/mol. The van der Waals surface area contributed by atoms with Crippen molar-refractivity contribution in [2.75, 3.05) is 0 Å². The molecular weight excluding hydrogens is 503 g/mol. The summed E-state index contributed by atoms with van der Waals surface area (Å²) in [6.07, 6.45) is 2.23. The monoisotopic (exact) mass is 542 g/mol. The molecule has 4 aromatic rings. The summed E-state index contributed by atoms with van der Waals surface area (Å²) in [5, 5.41) is 6.09. The van der Waals surface area contributed by atoms with Gasteiger partial charge in [0, 0.05) is 0 Å². The molecule has 0 fully saturated rings. The molecule has 0 amide bonds. The van der Waals surface area contributed by atoms with Crippen LogP contribution in [0.15, 0.2) is 0 Å². The van der Waals surface area contributed by atoms with Crippen LogP contribution in [0.3, 0.4) is 0 Å². The summed E-state index contributed by atoms with van der Waals surface area (Å²) in [4.78, 5) is 0. The van der Waals surface area contributed by atoms with Gasteiger partial charge in [-0.3, -0.25) is 0 Å². The maximum Gasteiger partial charge on any atom is 4.00 e. The van der Waals surface area contributed by atoms with Gasteiger partial charge in [0.2, 0.25) is 0 Å². The van der Waals surface area contributed by atoms with Crippen LogP contribution in [-0.4, -0.2) is 0 Å². The molecular formula is C32H40Cl2Ti. The number of fused-ring (bicyclic) bond motifs is 2. The van der Waals surface area contributed by atoms with Crippen molar-refractivity contribution in [3.63, 3.8) is 0 Å². The summed E-state index contributed by atoms with van der Waals surface area (Å²) in [5.74, 6) is 0. The SMILES string of the molecule is Cc1c(C)c(C)c2c(c1C)c(C)c(C)[c-]2CC[c-]1c(C)c(C)c2c(C)c(C)c(C)c(C)c21.[Cl-].[Cl-].[Ti+4]. The fourth-order valence-corrected chi connectivity index (χ4v) is 6.39. The molecule has 0 aliphatic carbocycles. The minimum absolute atomic E-state index is 0. The van der Waals surface area contributed by atoms with Crippen molar-refractivity contribution in [2.45, 2.75) is 95.9 Å².